The van der Waals surface area contributed by atoms with E-state index in [1.165, 1.54) is 24.0 Å². The summed E-state index contributed by atoms with van der Waals surface area (Å²) in [6.45, 7) is 3.43. The standard InChI is InChI=1S/C32H34N2O8/c1-5-41-27(35)31-23(21-13-9-7-10-14-21)17-19-33(29(37)39-3)25(31)32(28(36)42-6-2)24(22-15-11-8-12-16-22)18-20-34(26(31)32)30(38)40-4/h7-20,23-26H,5-6H2,1-4H3. The van der Waals surface area contributed by atoms with Crippen LogP contribution >= 0.6 is 0 Å². The van der Waals surface area contributed by atoms with Gasteiger partial charge in [-0.2, -0.15) is 0 Å². The van der Waals surface area contributed by atoms with E-state index < -0.39 is 58.9 Å². The van der Waals surface area contributed by atoms with E-state index in [0.717, 1.165) is 11.1 Å². The van der Waals surface area contributed by atoms with Gasteiger partial charge in [-0.25, -0.2) is 9.59 Å². The molecule has 0 saturated heterocycles. The molecule has 1 saturated carbocycles. The summed E-state index contributed by atoms with van der Waals surface area (Å²) in [5.41, 5.74) is -1.83. The molecule has 0 bridgehead atoms. The van der Waals surface area contributed by atoms with Gasteiger partial charge in [0.25, 0.3) is 0 Å². The Balaban J connectivity index is 1.91. The Morgan fingerprint density at radius 2 is 1.00 bits per heavy atom. The van der Waals surface area contributed by atoms with Crippen molar-refractivity contribution in [3.05, 3.63) is 96.3 Å². The van der Waals surface area contributed by atoms with Gasteiger partial charge in [0, 0.05) is 24.2 Å². The van der Waals surface area contributed by atoms with Crippen molar-refractivity contribution in [1.82, 2.24) is 9.80 Å². The van der Waals surface area contributed by atoms with Gasteiger partial charge in [-0.3, -0.25) is 19.4 Å². The normalized spacial score (nSPS) is 29.0. The van der Waals surface area contributed by atoms with Gasteiger partial charge in [0.2, 0.25) is 0 Å². The molecular formula is C32H34N2O8. The first-order valence-electron chi connectivity index (χ1n) is 13.9. The molecule has 0 spiro atoms. The SMILES string of the molecule is CCOC(=O)C12C(c3ccccc3)C=CN(C(=O)OC)C1C1(C(=O)OCC)C(c3ccccc3)C=CN(C(=O)OC)C21. The minimum atomic E-state index is -1.65. The molecule has 2 aromatic carbocycles. The molecular weight excluding hydrogens is 540 g/mol. The number of hydrogen-bond acceptors (Lipinski definition) is 8. The van der Waals surface area contributed by atoms with E-state index in [1.807, 2.05) is 60.7 Å². The van der Waals surface area contributed by atoms with Gasteiger partial charge in [-0.05, 0) is 25.0 Å². The smallest absolute Gasteiger partial charge is 0.413 e. The predicted octanol–water partition coefficient (Wildman–Crippen LogP) is 4.60. The third kappa shape index (κ3) is 3.92. The van der Waals surface area contributed by atoms with E-state index in [0.29, 0.717) is 0 Å². The number of carbonyl (C=O) groups is 4. The maximum Gasteiger partial charge on any atom is 0.413 e. The third-order valence-corrected chi connectivity index (χ3v) is 8.62. The lowest BCUT2D eigenvalue weighted by molar-refractivity contribution is -0.239. The second-order valence-electron chi connectivity index (χ2n) is 10.3. The van der Waals surface area contributed by atoms with Gasteiger partial charge in [-0.15, -0.1) is 0 Å². The van der Waals surface area contributed by atoms with Crippen LogP contribution in [0, 0.1) is 10.8 Å². The Morgan fingerprint density at radius 1 is 0.643 bits per heavy atom. The molecule has 5 rings (SSSR count). The molecule has 220 valence electrons. The van der Waals surface area contributed by atoms with Crippen LogP contribution in [0.4, 0.5) is 9.59 Å². The molecule has 0 radical (unpaired) electrons. The Labute approximate surface area is 244 Å². The van der Waals surface area contributed by atoms with Crippen LogP contribution in [0.1, 0.15) is 36.8 Å². The Hall–Kier alpha value is -4.60. The number of allylic oxidation sites excluding steroid dienone is 2. The first-order valence-corrected chi connectivity index (χ1v) is 13.9. The van der Waals surface area contributed by atoms with E-state index in [4.69, 9.17) is 18.9 Å². The summed E-state index contributed by atoms with van der Waals surface area (Å²) in [4.78, 5) is 58.5. The van der Waals surface area contributed by atoms with Crippen LogP contribution in [0.3, 0.4) is 0 Å². The van der Waals surface area contributed by atoms with Crippen LogP contribution in [-0.2, 0) is 28.5 Å². The number of carbonyl (C=O) groups excluding carboxylic acids is 4. The van der Waals surface area contributed by atoms with Gasteiger partial charge in [0.1, 0.15) is 10.8 Å². The molecule has 10 nitrogen and oxygen atoms in total. The number of fused-ring (bicyclic) bond motifs is 4. The Bertz CT molecular complexity index is 1290. The first-order chi connectivity index (χ1) is 20.3. The molecule has 2 aromatic rings. The lowest BCUT2D eigenvalue weighted by Gasteiger charge is -2.73. The second-order valence-corrected chi connectivity index (χ2v) is 10.3. The van der Waals surface area contributed by atoms with E-state index in [9.17, 15) is 19.2 Å². The number of rotatable bonds is 6. The minimum absolute atomic E-state index is 0.0338. The molecule has 1 aliphatic carbocycles. The van der Waals surface area contributed by atoms with Gasteiger partial charge in [0.05, 0.1) is 39.5 Å². The van der Waals surface area contributed by atoms with Crippen molar-refractivity contribution in [1.29, 1.82) is 0 Å². The molecule has 2 unspecified atom stereocenters. The zero-order valence-electron chi connectivity index (χ0n) is 24.0. The summed E-state index contributed by atoms with van der Waals surface area (Å²) in [7, 11) is 2.46. The van der Waals surface area contributed by atoms with Crippen molar-refractivity contribution in [3.63, 3.8) is 0 Å². The van der Waals surface area contributed by atoms with E-state index in [-0.39, 0.29) is 13.2 Å². The Kier molecular flexibility index (Phi) is 7.81. The maximum atomic E-state index is 14.5. The molecule has 2 amide bonds. The third-order valence-electron chi connectivity index (χ3n) is 8.62. The van der Waals surface area contributed by atoms with Gasteiger partial charge in [0.15, 0.2) is 0 Å². The lowest BCUT2D eigenvalue weighted by Crippen LogP contribution is -2.88. The van der Waals surface area contributed by atoms with Crippen LogP contribution in [0.25, 0.3) is 0 Å². The fourth-order valence-corrected chi connectivity index (χ4v) is 7.29. The van der Waals surface area contributed by atoms with Crippen molar-refractivity contribution in [2.45, 2.75) is 37.8 Å². The first kappa shape index (κ1) is 28.9. The number of ether oxygens (including phenoxy) is 4. The molecule has 2 aliphatic heterocycles. The average molecular weight is 575 g/mol. The molecule has 2 heterocycles. The van der Waals surface area contributed by atoms with Crippen molar-refractivity contribution in [2.75, 3.05) is 27.4 Å². The number of hydrogen-bond donors (Lipinski definition) is 0. The molecule has 2 atom stereocenters. The highest BCUT2D eigenvalue weighted by molar-refractivity contribution is 5.96. The predicted molar refractivity (Wildman–Crippen MR) is 151 cm³/mol. The highest BCUT2D eigenvalue weighted by atomic mass is 16.6. The van der Waals surface area contributed by atoms with Gasteiger partial charge >= 0.3 is 24.1 Å². The van der Waals surface area contributed by atoms with Crippen molar-refractivity contribution in [3.8, 4) is 0 Å². The van der Waals surface area contributed by atoms with Crippen LogP contribution in [0.15, 0.2) is 85.2 Å². The molecule has 1 fully saturated rings. The average Bonchev–Trinajstić information content (AvgIpc) is 3.02. The number of nitrogens with zero attached hydrogens (tertiary/aromatic N) is 2. The summed E-state index contributed by atoms with van der Waals surface area (Å²) in [5, 5.41) is 0. The number of amides is 2. The summed E-state index contributed by atoms with van der Waals surface area (Å²) in [6, 6.07) is 16.2. The monoisotopic (exact) mass is 574 g/mol. The van der Waals surface area contributed by atoms with Gasteiger partial charge < -0.3 is 18.9 Å². The maximum absolute atomic E-state index is 14.5. The quantitative estimate of drug-likeness (QED) is 0.364. The summed E-state index contributed by atoms with van der Waals surface area (Å²) < 4.78 is 21.9. The topological polar surface area (TPSA) is 112 Å². The fraction of sp³-hybridized carbons (Fsp3) is 0.375. The minimum Gasteiger partial charge on any atom is -0.465 e. The lowest BCUT2D eigenvalue weighted by atomic mass is 9.35. The zero-order chi connectivity index (χ0) is 30.1. The fourth-order valence-electron chi connectivity index (χ4n) is 7.29. The molecule has 0 aromatic heterocycles. The highest BCUT2D eigenvalue weighted by Gasteiger charge is 2.87. The van der Waals surface area contributed by atoms with E-state index in [2.05, 4.69) is 0 Å². The summed E-state index contributed by atoms with van der Waals surface area (Å²) >= 11 is 0. The van der Waals surface area contributed by atoms with Crippen molar-refractivity contribution in [2.24, 2.45) is 10.8 Å². The number of methoxy groups -OCH3 is 2. The van der Waals surface area contributed by atoms with Crippen molar-refractivity contribution >= 4 is 24.1 Å². The highest BCUT2D eigenvalue weighted by Crippen LogP contribution is 2.72. The largest absolute Gasteiger partial charge is 0.465 e. The van der Waals surface area contributed by atoms with E-state index in [1.54, 1.807) is 38.4 Å². The van der Waals surface area contributed by atoms with Gasteiger partial charge in [-0.1, -0.05) is 72.8 Å². The summed E-state index contributed by atoms with van der Waals surface area (Å²) in [5.74, 6) is -2.73. The van der Waals surface area contributed by atoms with Crippen LogP contribution in [0.2, 0.25) is 0 Å². The zero-order valence-corrected chi connectivity index (χ0v) is 24.0. The number of esters is 2. The summed E-state index contributed by atoms with van der Waals surface area (Å²) in [6.07, 6.45) is 4.99. The molecule has 42 heavy (non-hydrogen) atoms. The van der Waals surface area contributed by atoms with Crippen LogP contribution < -0.4 is 0 Å². The van der Waals surface area contributed by atoms with Crippen LogP contribution in [0.5, 0.6) is 0 Å². The van der Waals surface area contributed by atoms with E-state index >= 15 is 0 Å². The molecule has 0 N–H and O–H groups in total. The Morgan fingerprint density at radius 3 is 1.31 bits per heavy atom. The number of benzene rings is 2. The second kappa shape index (κ2) is 11.3. The molecule has 3 aliphatic rings. The van der Waals surface area contributed by atoms with Crippen molar-refractivity contribution < 1.29 is 38.1 Å². The molecule has 10 heteroatoms. The van der Waals surface area contributed by atoms with Crippen LogP contribution in [-0.4, -0.2) is 73.4 Å².